The van der Waals surface area contributed by atoms with Gasteiger partial charge in [-0.2, -0.15) is 0 Å². The number of hydrogen-bond donors (Lipinski definition) is 1. The predicted octanol–water partition coefficient (Wildman–Crippen LogP) is 4.61. The Bertz CT molecular complexity index is 219. The molecule has 0 aromatic rings. The van der Waals surface area contributed by atoms with Crippen molar-refractivity contribution in [1.82, 2.24) is 5.32 Å². The summed E-state index contributed by atoms with van der Waals surface area (Å²) in [6.45, 7) is 6.49. The van der Waals surface area contributed by atoms with Gasteiger partial charge in [0.25, 0.3) is 0 Å². The number of nitrogens with one attached hydrogen (secondary N) is 1. The number of carbonyl (C=O) groups is 1. The summed E-state index contributed by atoms with van der Waals surface area (Å²) in [5.41, 5.74) is 0. The normalized spacial score (nSPS) is 9.85. The van der Waals surface area contributed by atoms with Crippen molar-refractivity contribution in [3.8, 4) is 0 Å². The monoisotopic (exact) mass is 290 g/mol. The number of rotatable bonds is 14. The fraction of sp³-hybridized carbons (Fsp3) is 0.824. The minimum absolute atomic E-state index is 0. The molecule has 0 aromatic carbocycles. The van der Waals surface area contributed by atoms with E-state index in [0.29, 0.717) is 0 Å². The predicted molar refractivity (Wildman–Crippen MR) is 90.0 cm³/mol. The van der Waals surface area contributed by atoms with Crippen LogP contribution in [0.1, 0.15) is 84.0 Å². The third-order valence-electron chi connectivity index (χ3n) is 3.51. The Morgan fingerprint density at radius 1 is 0.850 bits per heavy atom. The standard InChI is InChI=1S/C17H33NO.Na/c1-3-5-6-7-8-9-10-11-12-13-14-15-16-18-17(19)4-2;/h4H,2-3,5-16H2,1H3,(H,18,19);. The van der Waals surface area contributed by atoms with Crippen molar-refractivity contribution in [1.29, 1.82) is 0 Å². The molecule has 0 aliphatic carbocycles. The van der Waals surface area contributed by atoms with Gasteiger partial charge < -0.3 is 5.32 Å². The van der Waals surface area contributed by atoms with Crippen molar-refractivity contribution in [2.24, 2.45) is 0 Å². The summed E-state index contributed by atoms with van der Waals surface area (Å²) in [6.07, 6.45) is 17.5. The maximum Gasteiger partial charge on any atom is 0.243 e. The molecule has 0 saturated carbocycles. The third kappa shape index (κ3) is 18.2. The van der Waals surface area contributed by atoms with Gasteiger partial charge in [-0.15, -0.1) is 0 Å². The first kappa shape index (κ1) is 22.5. The van der Waals surface area contributed by atoms with E-state index >= 15 is 0 Å². The van der Waals surface area contributed by atoms with Gasteiger partial charge in [0.2, 0.25) is 5.91 Å². The Labute approximate surface area is 148 Å². The molecule has 1 radical (unpaired) electrons. The average Bonchev–Trinajstić information content (AvgIpc) is 2.43. The fourth-order valence-electron chi connectivity index (χ4n) is 2.25. The second-order valence-electron chi connectivity index (χ2n) is 5.38. The molecule has 0 aliphatic heterocycles. The molecule has 0 aromatic heterocycles. The zero-order valence-electron chi connectivity index (χ0n) is 13.9. The molecule has 1 amide bonds. The quantitative estimate of drug-likeness (QED) is 0.282. The minimum Gasteiger partial charge on any atom is -0.353 e. The Morgan fingerprint density at radius 2 is 1.25 bits per heavy atom. The van der Waals surface area contributed by atoms with Crippen LogP contribution in [-0.2, 0) is 4.79 Å². The maximum absolute atomic E-state index is 10.9. The zero-order chi connectivity index (χ0) is 14.2. The van der Waals surface area contributed by atoms with E-state index in [-0.39, 0.29) is 35.5 Å². The molecular formula is C17H33NNaO. The van der Waals surface area contributed by atoms with E-state index in [1.807, 2.05) is 0 Å². The zero-order valence-corrected chi connectivity index (χ0v) is 15.9. The molecule has 0 atom stereocenters. The molecular weight excluding hydrogens is 257 g/mol. The van der Waals surface area contributed by atoms with Crippen LogP contribution in [0.4, 0.5) is 0 Å². The van der Waals surface area contributed by atoms with Gasteiger partial charge in [-0.3, -0.25) is 4.79 Å². The van der Waals surface area contributed by atoms with Crippen molar-refractivity contribution >= 4 is 35.5 Å². The van der Waals surface area contributed by atoms with E-state index in [1.54, 1.807) is 0 Å². The minimum atomic E-state index is -0.0527. The molecule has 0 aliphatic rings. The molecule has 113 valence electrons. The summed E-state index contributed by atoms with van der Waals surface area (Å²) in [5.74, 6) is -0.0527. The van der Waals surface area contributed by atoms with Crippen molar-refractivity contribution in [2.75, 3.05) is 6.54 Å². The molecule has 0 heterocycles. The van der Waals surface area contributed by atoms with E-state index in [9.17, 15) is 4.79 Å². The topological polar surface area (TPSA) is 29.1 Å². The Morgan fingerprint density at radius 3 is 1.65 bits per heavy atom. The summed E-state index contributed by atoms with van der Waals surface area (Å²) in [6, 6.07) is 0. The van der Waals surface area contributed by atoms with Gasteiger partial charge in [-0.1, -0.05) is 84.1 Å². The first-order valence-electron chi connectivity index (χ1n) is 8.21. The summed E-state index contributed by atoms with van der Waals surface area (Å²) < 4.78 is 0. The van der Waals surface area contributed by atoms with Crippen LogP contribution in [0, 0.1) is 0 Å². The molecule has 1 N–H and O–H groups in total. The van der Waals surface area contributed by atoms with Crippen LogP contribution in [0.5, 0.6) is 0 Å². The molecule has 0 saturated heterocycles. The van der Waals surface area contributed by atoms with Crippen LogP contribution in [0.15, 0.2) is 12.7 Å². The largest absolute Gasteiger partial charge is 0.353 e. The van der Waals surface area contributed by atoms with Crippen LogP contribution in [0.2, 0.25) is 0 Å². The molecule has 0 rings (SSSR count). The fourth-order valence-corrected chi connectivity index (χ4v) is 2.25. The Hall–Kier alpha value is 0.210. The van der Waals surface area contributed by atoms with Crippen LogP contribution in [-0.4, -0.2) is 42.0 Å². The summed E-state index contributed by atoms with van der Waals surface area (Å²) in [7, 11) is 0. The van der Waals surface area contributed by atoms with Gasteiger partial charge in [0.15, 0.2) is 0 Å². The second kappa shape index (κ2) is 19.2. The Kier molecular flexibility index (Phi) is 21.6. The molecule has 0 bridgehead atoms. The van der Waals surface area contributed by atoms with Gasteiger partial charge in [-0.25, -0.2) is 0 Å². The molecule has 0 unspecified atom stereocenters. The van der Waals surface area contributed by atoms with Gasteiger partial charge in [-0.05, 0) is 12.5 Å². The smallest absolute Gasteiger partial charge is 0.243 e. The summed E-state index contributed by atoms with van der Waals surface area (Å²) in [4.78, 5) is 10.9. The number of hydrogen-bond acceptors (Lipinski definition) is 1. The van der Waals surface area contributed by atoms with Gasteiger partial charge in [0, 0.05) is 36.1 Å². The second-order valence-corrected chi connectivity index (χ2v) is 5.38. The van der Waals surface area contributed by atoms with Gasteiger partial charge in [0.05, 0.1) is 0 Å². The van der Waals surface area contributed by atoms with E-state index in [0.717, 1.165) is 13.0 Å². The molecule has 0 spiro atoms. The first-order chi connectivity index (χ1) is 9.31. The van der Waals surface area contributed by atoms with Crippen molar-refractivity contribution in [2.45, 2.75) is 84.0 Å². The van der Waals surface area contributed by atoms with Crippen molar-refractivity contribution in [3.63, 3.8) is 0 Å². The third-order valence-corrected chi connectivity index (χ3v) is 3.51. The summed E-state index contributed by atoms with van der Waals surface area (Å²) in [5, 5.41) is 2.81. The van der Waals surface area contributed by atoms with Crippen LogP contribution in [0.25, 0.3) is 0 Å². The average molecular weight is 290 g/mol. The maximum atomic E-state index is 10.9. The first-order valence-corrected chi connectivity index (χ1v) is 8.21. The van der Waals surface area contributed by atoms with E-state index < -0.39 is 0 Å². The SMILES string of the molecule is C=CC(=O)NCCCCCCCCCCCCCC.[Na]. The van der Waals surface area contributed by atoms with Gasteiger partial charge >= 0.3 is 0 Å². The van der Waals surface area contributed by atoms with E-state index in [2.05, 4.69) is 18.8 Å². The van der Waals surface area contributed by atoms with Crippen LogP contribution < -0.4 is 5.32 Å². The molecule has 20 heavy (non-hydrogen) atoms. The number of amides is 1. The van der Waals surface area contributed by atoms with Crippen molar-refractivity contribution in [3.05, 3.63) is 12.7 Å². The van der Waals surface area contributed by atoms with E-state index in [1.165, 1.54) is 76.7 Å². The van der Waals surface area contributed by atoms with Crippen molar-refractivity contribution < 1.29 is 4.79 Å². The van der Waals surface area contributed by atoms with Gasteiger partial charge in [0.1, 0.15) is 0 Å². The van der Waals surface area contributed by atoms with E-state index in [4.69, 9.17) is 0 Å². The Balaban J connectivity index is 0. The van der Waals surface area contributed by atoms with Crippen LogP contribution >= 0.6 is 0 Å². The molecule has 2 nitrogen and oxygen atoms in total. The molecule has 0 fully saturated rings. The molecule has 3 heteroatoms. The number of unbranched alkanes of at least 4 members (excludes halogenated alkanes) is 11. The summed E-state index contributed by atoms with van der Waals surface area (Å²) >= 11 is 0. The number of carbonyl (C=O) groups excluding carboxylic acids is 1. The van der Waals surface area contributed by atoms with Crippen LogP contribution in [0.3, 0.4) is 0 Å².